The summed E-state index contributed by atoms with van der Waals surface area (Å²) in [6, 6.07) is 7.36. The standard InChI is InChI=1S/C16H17N5O4S/c1-21-7-6-17-15(21)11-18-16(22)12-3-2-4-14(9-12)26(23,24)19-10-13-5-8-25-20-13/h2-9,19H,10-11H2,1H3,(H,18,22). The van der Waals surface area contributed by atoms with Crippen molar-refractivity contribution >= 4 is 15.9 Å². The largest absolute Gasteiger partial charge is 0.364 e. The molecule has 0 saturated carbocycles. The normalized spacial score (nSPS) is 11.4. The molecule has 0 fully saturated rings. The van der Waals surface area contributed by atoms with E-state index in [1.54, 1.807) is 29.1 Å². The van der Waals surface area contributed by atoms with Crippen molar-refractivity contribution in [3.63, 3.8) is 0 Å². The van der Waals surface area contributed by atoms with E-state index in [1.807, 2.05) is 7.05 Å². The minimum absolute atomic E-state index is 0.00554. The number of amides is 1. The summed E-state index contributed by atoms with van der Waals surface area (Å²) in [7, 11) is -1.96. The van der Waals surface area contributed by atoms with E-state index in [-0.39, 0.29) is 29.5 Å². The number of carbonyl (C=O) groups is 1. The average Bonchev–Trinajstić information content (AvgIpc) is 3.30. The highest BCUT2D eigenvalue weighted by atomic mass is 32.2. The zero-order valence-electron chi connectivity index (χ0n) is 13.9. The molecule has 26 heavy (non-hydrogen) atoms. The quantitative estimate of drug-likeness (QED) is 0.631. The Morgan fingerprint density at radius 3 is 2.81 bits per heavy atom. The maximum absolute atomic E-state index is 12.4. The molecular weight excluding hydrogens is 358 g/mol. The Hall–Kier alpha value is -2.98. The number of carbonyl (C=O) groups excluding carboxylic acids is 1. The highest BCUT2D eigenvalue weighted by molar-refractivity contribution is 7.89. The third kappa shape index (κ3) is 4.16. The van der Waals surface area contributed by atoms with Crippen LogP contribution >= 0.6 is 0 Å². The topological polar surface area (TPSA) is 119 Å². The van der Waals surface area contributed by atoms with Crippen LogP contribution in [0.5, 0.6) is 0 Å². The van der Waals surface area contributed by atoms with E-state index in [0.717, 1.165) is 0 Å². The molecule has 0 spiro atoms. The number of hydrogen-bond acceptors (Lipinski definition) is 6. The zero-order chi connectivity index (χ0) is 18.6. The van der Waals surface area contributed by atoms with Crippen LogP contribution in [-0.2, 0) is 30.2 Å². The SMILES string of the molecule is Cn1ccnc1CNC(=O)c1cccc(S(=O)(=O)NCc2ccon2)c1. The highest BCUT2D eigenvalue weighted by Crippen LogP contribution is 2.12. The van der Waals surface area contributed by atoms with Crippen LogP contribution in [0.2, 0.25) is 0 Å². The van der Waals surface area contributed by atoms with Gasteiger partial charge in [0.05, 0.1) is 23.7 Å². The van der Waals surface area contributed by atoms with Gasteiger partial charge in [0, 0.05) is 31.1 Å². The van der Waals surface area contributed by atoms with E-state index in [4.69, 9.17) is 0 Å². The molecule has 2 aromatic heterocycles. The van der Waals surface area contributed by atoms with Crippen LogP contribution in [0.25, 0.3) is 0 Å². The first-order valence-electron chi connectivity index (χ1n) is 7.69. The summed E-state index contributed by atoms with van der Waals surface area (Å²) in [5, 5.41) is 6.36. The number of benzene rings is 1. The number of imidazole rings is 1. The van der Waals surface area contributed by atoms with E-state index in [0.29, 0.717) is 11.5 Å². The van der Waals surface area contributed by atoms with Gasteiger partial charge in [0.15, 0.2) is 0 Å². The van der Waals surface area contributed by atoms with Gasteiger partial charge in [-0.3, -0.25) is 4.79 Å². The molecule has 0 atom stereocenters. The van der Waals surface area contributed by atoms with E-state index >= 15 is 0 Å². The second-order valence-corrected chi connectivity index (χ2v) is 7.25. The minimum Gasteiger partial charge on any atom is -0.364 e. The summed E-state index contributed by atoms with van der Waals surface area (Å²) in [6.45, 7) is 0.234. The van der Waals surface area contributed by atoms with Crippen molar-refractivity contribution in [2.45, 2.75) is 18.0 Å². The maximum Gasteiger partial charge on any atom is 0.251 e. The van der Waals surface area contributed by atoms with E-state index in [9.17, 15) is 13.2 Å². The molecule has 136 valence electrons. The second kappa shape index (κ2) is 7.50. The van der Waals surface area contributed by atoms with Crippen molar-refractivity contribution in [3.05, 3.63) is 66.1 Å². The lowest BCUT2D eigenvalue weighted by molar-refractivity contribution is 0.0949. The van der Waals surface area contributed by atoms with Gasteiger partial charge < -0.3 is 14.4 Å². The first-order chi connectivity index (χ1) is 12.5. The number of aryl methyl sites for hydroxylation is 1. The summed E-state index contributed by atoms with van der Waals surface area (Å²) in [6.07, 6.45) is 4.76. The Balaban J connectivity index is 1.68. The van der Waals surface area contributed by atoms with Crippen molar-refractivity contribution in [2.75, 3.05) is 0 Å². The second-order valence-electron chi connectivity index (χ2n) is 5.48. The molecule has 9 nitrogen and oxygen atoms in total. The molecule has 3 aromatic rings. The van der Waals surface area contributed by atoms with Gasteiger partial charge in [-0.1, -0.05) is 11.2 Å². The number of rotatable bonds is 7. The van der Waals surface area contributed by atoms with Gasteiger partial charge in [0.2, 0.25) is 10.0 Å². The van der Waals surface area contributed by atoms with Gasteiger partial charge in [0.25, 0.3) is 5.91 Å². The van der Waals surface area contributed by atoms with Crippen molar-refractivity contribution < 1.29 is 17.7 Å². The molecule has 0 bridgehead atoms. The Morgan fingerprint density at radius 1 is 1.27 bits per heavy atom. The molecule has 0 radical (unpaired) electrons. The number of sulfonamides is 1. The minimum atomic E-state index is -3.79. The summed E-state index contributed by atoms with van der Waals surface area (Å²) in [5.41, 5.74) is 0.695. The predicted octanol–water partition coefficient (Wildman–Crippen LogP) is 0.817. The smallest absolute Gasteiger partial charge is 0.251 e. The van der Waals surface area contributed by atoms with Crippen molar-refractivity contribution in [1.82, 2.24) is 24.7 Å². The molecule has 10 heteroatoms. The third-order valence-corrected chi connectivity index (χ3v) is 5.07. The van der Waals surface area contributed by atoms with E-state index in [2.05, 4.69) is 24.7 Å². The average molecular weight is 375 g/mol. The van der Waals surface area contributed by atoms with Crippen LogP contribution in [-0.4, -0.2) is 29.0 Å². The van der Waals surface area contributed by atoms with Gasteiger partial charge in [-0.15, -0.1) is 0 Å². The molecular formula is C16H17N5O4S. The Labute approximate surface area is 150 Å². The molecule has 2 heterocycles. The zero-order valence-corrected chi connectivity index (χ0v) is 14.7. The summed E-state index contributed by atoms with van der Waals surface area (Å²) in [5.74, 6) is 0.304. The summed E-state index contributed by atoms with van der Waals surface area (Å²) >= 11 is 0. The fourth-order valence-corrected chi connectivity index (χ4v) is 3.26. The highest BCUT2D eigenvalue weighted by Gasteiger charge is 2.17. The van der Waals surface area contributed by atoms with Crippen LogP contribution in [0.4, 0.5) is 0 Å². The van der Waals surface area contributed by atoms with Crippen LogP contribution in [0.3, 0.4) is 0 Å². The lowest BCUT2D eigenvalue weighted by Gasteiger charge is -2.08. The van der Waals surface area contributed by atoms with Gasteiger partial charge in [-0.05, 0) is 18.2 Å². The van der Waals surface area contributed by atoms with E-state index < -0.39 is 10.0 Å². The van der Waals surface area contributed by atoms with Gasteiger partial charge in [0.1, 0.15) is 12.1 Å². The summed E-state index contributed by atoms with van der Waals surface area (Å²) in [4.78, 5) is 16.4. The molecule has 3 rings (SSSR count). The Morgan fingerprint density at radius 2 is 2.12 bits per heavy atom. The van der Waals surface area contributed by atoms with Crippen LogP contribution in [0.1, 0.15) is 21.9 Å². The number of nitrogens with one attached hydrogen (secondary N) is 2. The molecule has 0 unspecified atom stereocenters. The van der Waals surface area contributed by atoms with Crippen molar-refractivity contribution in [1.29, 1.82) is 0 Å². The molecule has 0 saturated heterocycles. The molecule has 2 N–H and O–H groups in total. The van der Waals surface area contributed by atoms with Crippen LogP contribution in [0.15, 0.2) is 58.4 Å². The Kier molecular flexibility index (Phi) is 5.14. The van der Waals surface area contributed by atoms with Gasteiger partial charge >= 0.3 is 0 Å². The predicted molar refractivity (Wildman–Crippen MR) is 91.3 cm³/mol. The number of aromatic nitrogens is 3. The lowest BCUT2D eigenvalue weighted by Crippen LogP contribution is -2.26. The number of nitrogens with zero attached hydrogens (tertiary/aromatic N) is 3. The lowest BCUT2D eigenvalue weighted by atomic mass is 10.2. The molecule has 0 aliphatic carbocycles. The monoisotopic (exact) mass is 375 g/mol. The first kappa shape index (κ1) is 17.8. The Bertz CT molecular complexity index is 995. The van der Waals surface area contributed by atoms with Crippen molar-refractivity contribution in [2.24, 2.45) is 7.05 Å². The maximum atomic E-state index is 12.4. The van der Waals surface area contributed by atoms with Crippen LogP contribution < -0.4 is 10.0 Å². The molecule has 1 aromatic carbocycles. The van der Waals surface area contributed by atoms with Gasteiger partial charge in [-0.2, -0.15) is 0 Å². The summed E-state index contributed by atoms with van der Waals surface area (Å²) < 4.78 is 33.6. The van der Waals surface area contributed by atoms with Crippen molar-refractivity contribution in [3.8, 4) is 0 Å². The molecule has 0 aliphatic heterocycles. The van der Waals surface area contributed by atoms with Crippen LogP contribution in [0, 0.1) is 0 Å². The fourth-order valence-electron chi connectivity index (χ4n) is 2.21. The number of hydrogen-bond donors (Lipinski definition) is 2. The van der Waals surface area contributed by atoms with Gasteiger partial charge in [-0.25, -0.2) is 18.1 Å². The van der Waals surface area contributed by atoms with E-state index in [1.165, 1.54) is 24.5 Å². The molecule has 0 aliphatic rings. The third-order valence-electron chi connectivity index (χ3n) is 3.67. The fraction of sp³-hybridized carbons (Fsp3) is 0.188. The molecule has 1 amide bonds. The first-order valence-corrected chi connectivity index (χ1v) is 9.17.